The molecular formula is C21H21N3O3. The van der Waals surface area contributed by atoms with Crippen molar-refractivity contribution >= 4 is 34.8 Å². The third-order valence-electron chi connectivity index (χ3n) is 5.33. The minimum atomic E-state index is -0.643. The number of carbonyl (C=O) groups is 3. The first-order valence-electron chi connectivity index (χ1n) is 9.02. The maximum absolute atomic E-state index is 12.9. The molecule has 4 rings (SSSR count). The fourth-order valence-electron chi connectivity index (χ4n) is 3.72. The van der Waals surface area contributed by atoms with Crippen LogP contribution in [0.4, 0.5) is 17.1 Å². The maximum Gasteiger partial charge on any atom is 0.247 e. The number of nitrogens with one attached hydrogen (secondary N) is 2. The molecule has 2 aliphatic heterocycles. The Bertz CT molecular complexity index is 937. The highest BCUT2D eigenvalue weighted by atomic mass is 16.2. The highest BCUT2D eigenvalue weighted by molar-refractivity contribution is 6.09. The Balaban J connectivity index is 1.57. The Morgan fingerprint density at radius 3 is 2.63 bits per heavy atom. The summed E-state index contributed by atoms with van der Waals surface area (Å²) < 4.78 is 0. The number of hydrogen-bond acceptors (Lipinski definition) is 3. The van der Waals surface area contributed by atoms with Crippen molar-refractivity contribution in [3.8, 4) is 0 Å². The summed E-state index contributed by atoms with van der Waals surface area (Å²) in [5.41, 5.74) is 2.33. The highest BCUT2D eigenvalue weighted by Crippen LogP contribution is 2.39. The van der Waals surface area contributed by atoms with Gasteiger partial charge in [0, 0.05) is 23.5 Å². The van der Waals surface area contributed by atoms with Crippen LogP contribution in [-0.4, -0.2) is 23.8 Å². The standard InChI is InChI=1S/C21H21N3O3/c1-21(2)15-12-13(8-9-16(15)23-20(21)27)22-19(26)17-10-11-18(25)24(17)14-6-4-3-5-7-14/h3-9,12,17H,10-11H2,1-2H3,(H,22,26)(H,23,27). The van der Waals surface area contributed by atoms with Gasteiger partial charge in [0.2, 0.25) is 17.7 Å². The first kappa shape index (κ1) is 17.3. The van der Waals surface area contributed by atoms with Crippen LogP contribution in [0.1, 0.15) is 32.3 Å². The van der Waals surface area contributed by atoms with Gasteiger partial charge in [0.05, 0.1) is 5.41 Å². The zero-order valence-electron chi connectivity index (χ0n) is 15.3. The summed E-state index contributed by atoms with van der Waals surface area (Å²) >= 11 is 0. The number of carbonyl (C=O) groups excluding carboxylic acids is 3. The van der Waals surface area contributed by atoms with Crippen LogP contribution in [-0.2, 0) is 19.8 Å². The van der Waals surface area contributed by atoms with Crippen LogP contribution in [0.3, 0.4) is 0 Å². The second kappa shape index (κ2) is 6.23. The molecule has 2 aromatic carbocycles. The predicted molar refractivity (Wildman–Crippen MR) is 104 cm³/mol. The molecule has 1 saturated heterocycles. The number of hydrogen-bond donors (Lipinski definition) is 2. The van der Waals surface area contributed by atoms with Gasteiger partial charge in [-0.25, -0.2) is 0 Å². The monoisotopic (exact) mass is 363 g/mol. The van der Waals surface area contributed by atoms with Crippen molar-refractivity contribution in [2.24, 2.45) is 0 Å². The summed E-state index contributed by atoms with van der Waals surface area (Å²) in [5, 5.41) is 5.77. The van der Waals surface area contributed by atoms with Crippen molar-refractivity contribution in [1.82, 2.24) is 0 Å². The molecule has 0 radical (unpaired) electrons. The minimum Gasteiger partial charge on any atom is -0.325 e. The zero-order valence-corrected chi connectivity index (χ0v) is 15.3. The first-order chi connectivity index (χ1) is 12.9. The van der Waals surface area contributed by atoms with Crippen LogP contribution in [0.25, 0.3) is 0 Å². The smallest absolute Gasteiger partial charge is 0.247 e. The quantitative estimate of drug-likeness (QED) is 0.880. The molecule has 0 aliphatic carbocycles. The molecule has 2 N–H and O–H groups in total. The van der Waals surface area contributed by atoms with Gasteiger partial charge in [-0.2, -0.15) is 0 Å². The number of rotatable bonds is 3. The van der Waals surface area contributed by atoms with Crippen LogP contribution in [0, 0.1) is 0 Å². The third-order valence-corrected chi connectivity index (χ3v) is 5.33. The Labute approximate surface area is 157 Å². The summed E-state index contributed by atoms with van der Waals surface area (Å²) in [4.78, 5) is 38.9. The number of benzene rings is 2. The van der Waals surface area contributed by atoms with Crippen LogP contribution >= 0.6 is 0 Å². The van der Waals surface area contributed by atoms with Crippen molar-refractivity contribution in [2.75, 3.05) is 15.5 Å². The number of fused-ring (bicyclic) bond motifs is 1. The van der Waals surface area contributed by atoms with Gasteiger partial charge in [-0.3, -0.25) is 19.3 Å². The number of nitrogens with zero attached hydrogens (tertiary/aromatic N) is 1. The molecule has 2 aromatic rings. The highest BCUT2D eigenvalue weighted by Gasteiger charge is 2.39. The summed E-state index contributed by atoms with van der Waals surface area (Å²) in [6, 6.07) is 14.1. The van der Waals surface area contributed by atoms with Gasteiger partial charge < -0.3 is 10.6 Å². The fourth-order valence-corrected chi connectivity index (χ4v) is 3.72. The Morgan fingerprint density at radius 2 is 1.89 bits per heavy atom. The Hall–Kier alpha value is -3.15. The van der Waals surface area contributed by atoms with Crippen LogP contribution in [0.2, 0.25) is 0 Å². The normalized spacial score (nSPS) is 20.4. The second-order valence-corrected chi connectivity index (χ2v) is 7.48. The third kappa shape index (κ3) is 2.87. The largest absolute Gasteiger partial charge is 0.325 e. The lowest BCUT2D eigenvalue weighted by atomic mass is 9.86. The molecule has 138 valence electrons. The van der Waals surface area contributed by atoms with Crippen LogP contribution < -0.4 is 15.5 Å². The van der Waals surface area contributed by atoms with Crippen molar-refractivity contribution < 1.29 is 14.4 Å². The lowest BCUT2D eigenvalue weighted by Gasteiger charge is -2.24. The van der Waals surface area contributed by atoms with E-state index in [0.717, 1.165) is 16.9 Å². The average Bonchev–Trinajstić information content (AvgIpc) is 3.14. The Morgan fingerprint density at radius 1 is 1.15 bits per heavy atom. The van der Waals surface area contributed by atoms with Gasteiger partial charge in [-0.05, 0) is 56.2 Å². The molecule has 1 unspecified atom stereocenters. The summed E-state index contributed by atoms with van der Waals surface area (Å²) in [5.74, 6) is -0.330. The van der Waals surface area contributed by atoms with E-state index in [2.05, 4.69) is 10.6 Å². The zero-order chi connectivity index (χ0) is 19.2. The molecule has 0 saturated carbocycles. The van der Waals surface area contributed by atoms with Crippen molar-refractivity contribution in [3.63, 3.8) is 0 Å². The van der Waals surface area contributed by atoms with Crippen molar-refractivity contribution in [2.45, 2.75) is 38.1 Å². The molecule has 1 fully saturated rings. The fraction of sp³-hybridized carbons (Fsp3) is 0.286. The van der Waals surface area contributed by atoms with E-state index in [1.807, 2.05) is 50.2 Å². The van der Waals surface area contributed by atoms with Gasteiger partial charge in [-0.15, -0.1) is 0 Å². The van der Waals surface area contributed by atoms with Gasteiger partial charge in [-0.1, -0.05) is 18.2 Å². The lowest BCUT2D eigenvalue weighted by molar-refractivity contribution is -0.120. The predicted octanol–water partition coefficient (Wildman–Crippen LogP) is 3.05. The molecule has 2 aliphatic rings. The molecule has 27 heavy (non-hydrogen) atoms. The van der Waals surface area contributed by atoms with Crippen molar-refractivity contribution in [3.05, 3.63) is 54.1 Å². The summed E-state index contributed by atoms with van der Waals surface area (Å²) in [6.07, 6.45) is 0.832. The molecule has 0 spiro atoms. The molecule has 0 aromatic heterocycles. The minimum absolute atomic E-state index is 0.0498. The van der Waals surface area contributed by atoms with E-state index in [1.165, 1.54) is 0 Å². The van der Waals surface area contributed by atoms with E-state index >= 15 is 0 Å². The molecule has 1 atom stereocenters. The van der Waals surface area contributed by atoms with E-state index in [0.29, 0.717) is 18.5 Å². The SMILES string of the molecule is CC1(C)C(=O)Nc2ccc(NC(=O)C3CCC(=O)N3c3ccccc3)cc21. The van der Waals surface area contributed by atoms with E-state index in [-0.39, 0.29) is 17.7 Å². The summed E-state index contributed by atoms with van der Waals surface area (Å²) in [7, 11) is 0. The van der Waals surface area contributed by atoms with Gasteiger partial charge >= 0.3 is 0 Å². The second-order valence-electron chi connectivity index (χ2n) is 7.48. The maximum atomic E-state index is 12.9. The number of amides is 3. The molecule has 6 heteroatoms. The van der Waals surface area contributed by atoms with E-state index in [4.69, 9.17) is 0 Å². The van der Waals surface area contributed by atoms with E-state index in [1.54, 1.807) is 17.0 Å². The van der Waals surface area contributed by atoms with Crippen LogP contribution in [0.15, 0.2) is 48.5 Å². The molecule has 0 bridgehead atoms. The average molecular weight is 363 g/mol. The number of anilines is 3. The molecule has 6 nitrogen and oxygen atoms in total. The van der Waals surface area contributed by atoms with E-state index in [9.17, 15) is 14.4 Å². The molecule has 2 heterocycles. The molecule has 3 amide bonds. The van der Waals surface area contributed by atoms with Gasteiger partial charge in [0.25, 0.3) is 0 Å². The van der Waals surface area contributed by atoms with Gasteiger partial charge in [0.15, 0.2) is 0 Å². The van der Waals surface area contributed by atoms with Crippen LogP contribution in [0.5, 0.6) is 0 Å². The molecular weight excluding hydrogens is 342 g/mol. The topological polar surface area (TPSA) is 78.5 Å². The Kier molecular flexibility index (Phi) is 3.98. The summed E-state index contributed by atoms with van der Waals surface area (Å²) in [6.45, 7) is 3.71. The van der Waals surface area contributed by atoms with Crippen molar-refractivity contribution in [1.29, 1.82) is 0 Å². The number of para-hydroxylation sites is 1. The van der Waals surface area contributed by atoms with Gasteiger partial charge in [0.1, 0.15) is 6.04 Å². The first-order valence-corrected chi connectivity index (χ1v) is 9.02. The van der Waals surface area contributed by atoms with E-state index < -0.39 is 11.5 Å². The lowest BCUT2D eigenvalue weighted by Crippen LogP contribution is -2.41.